The molecule has 3 nitrogen and oxygen atoms in total. The van der Waals surface area contributed by atoms with Crippen LogP contribution < -0.4 is 4.74 Å². The molecule has 0 amide bonds. The number of ether oxygens (including phenoxy) is 2. The van der Waals surface area contributed by atoms with Gasteiger partial charge in [-0.1, -0.05) is 63.1 Å². The summed E-state index contributed by atoms with van der Waals surface area (Å²) in [5.41, 5.74) is 3.82. The van der Waals surface area contributed by atoms with Gasteiger partial charge in [0.1, 0.15) is 12.4 Å². The molecular weight excluding hydrogens is 432 g/mol. The first-order valence-corrected chi connectivity index (χ1v) is 14.2. The molecule has 4 fully saturated rings. The lowest BCUT2D eigenvalue weighted by molar-refractivity contribution is -0.137. The molecule has 3 saturated carbocycles. The zero-order valence-electron chi connectivity index (χ0n) is 21.3. The van der Waals surface area contributed by atoms with Crippen molar-refractivity contribution in [1.82, 2.24) is 0 Å². The summed E-state index contributed by atoms with van der Waals surface area (Å²) < 4.78 is 12.1. The van der Waals surface area contributed by atoms with Gasteiger partial charge in [0.05, 0.1) is 17.8 Å². The highest BCUT2D eigenvalue weighted by Gasteiger charge is 2.70. The second kappa shape index (κ2) is 8.08. The van der Waals surface area contributed by atoms with Crippen LogP contribution in [0.3, 0.4) is 0 Å². The minimum atomic E-state index is -0.521. The molecule has 1 aliphatic heterocycles. The predicted molar refractivity (Wildman–Crippen MR) is 137 cm³/mol. The molecule has 0 bridgehead atoms. The zero-order valence-corrected chi connectivity index (χ0v) is 21.3. The Morgan fingerprint density at radius 1 is 1.09 bits per heavy atom. The Bertz CT molecular complexity index is 1100. The van der Waals surface area contributed by atoms with Gasteiger partial charge in [-0.15, -0.1) is 0 Å². The summed E-state index contributed by atoms with van der Waals surface area (Å²) in [5, 5.41) is 12.2. The fraction of sp³-hybridized carbons (Fsp3) is 0.625. The Morgan fingerprint density at radius 2 is 1.94 bits per heavy atom. The first-order valence-electron chi connectivity index (χ1n) is 14.2. The van der Waals surface area contributed by atoms with Gasteiger partial charge in [0.15, 0.2) is 0 Å². The summed E-state index contributed by atoms with van der Waals surface area (Å²) in [4.78, 5) is 0. The van der Waals surface area contributed by atoms with E-state index in [1.165, 1.54) is 36.8 Å². The van der Waals surface area contributed by atoms with Crippen LogP contribution in [0, 0.1) is 29.1 Å². The van der Waals surface area contributed by atoms with E-state index in [-0.39, 0.29) is 5.41 Å². The number of rotatable bonds is 5. The summed E-state index contributed by atoms with van der Waals surface area (Å²) in [6, 6.07) is 17.4. The van der Waals surface area contributed by atoms with E-state index in [9.17, 15) is 5.11 Å². The molecule has 0 aromatic heterocycles. The Labute approximate surface area is 210 Å². The van der Waals surface area contributed by atoms with Gasteiger partial charge in [-0.3, -0.25) is 0 Å². The molecule has 4 unspecified atom stereocenters. The molecular formula is C32H40O3. The number of hydrogen-bond acceptors (Lipinski definition) is 3. The van der Waals surface area contributed by atoms with Crippen molar-refractivity contribution in [1.29, 1.82) is 0 Å². The van der Waals surface area contributed by atoms with E-state index in [2.05, 4.69) is 62.4 Å². The van der Waals surface area contributed by atoms with E-state index in [1.807, 2.05) is 0 Å². The summed E-state index contributed by atoms with van der Waals surface area (Å²) in [6.45, 7) is 5.42. The topological polar surface area (TPSA) is 42.0 Å². The third-order valence-electron chi connectivity index (χ3n) is 11.1. The molecule has 3 heteroatoms. The lowest BCUT2D eigenvalue weighted by Gasteiger charge is -2.56. The summed E-state index contributed by atoms with van der Waals surface area (Å²) >= 11 is 0. The van der Waals surface area contributed by atoms with Crippen LogP contribution in [0.4, 0.5) is 0 Å². The Morgan fingerprint density at radius 3 is 2.77 bits per heavy atom. The number of epoxide rings is 1. The highest BCUT2D eigenvalue weighted by Crippen LogP contribution is 2.70. The van der Waals surface area contributed by atoms with Gasteiger partial charge in [0, 0.05) is 6.42 Å². The predicted octanol–water partition coefficient (Wildman–Crippen LogP) is 6.67. The van der Waals surface area contributed by atoms with Crippen molar-refractivity contribution < 1.29 is 14.6 Å². The lowest BCUT2D eigenvalue weighted by atomic mass is 9.49. The second-order valence-electron chi connectivity index (χ2n) is 12.6. The highest BCUT2D eigenvalue weighted by atomic mass is 16.6. The van der Waals surface area contributed by atoms with Crippen LogP contribution in [0.15, 0.2) is 48.5 Å². The average molecular weight is 473 g/mol. The molecule has 1 heterocycles. The van der Waals surface area contributed by atoms with Gasteiger partial charge >= 0.3 is 0 Å². The first kappa shape index (κ1) is 22.4. The Balaban J connectivity index is 1.18. The third-order valence-corrected chi connectivity index (χ3v) is 11.1. The van der Waals surface area contributed by atoms with E-state index in [0.29, 0.717) is 48.4 Å². The van der Waals surface area contributed by atoms with Crippen molar-refractivity contribution >= 4 is 0 Å². The van der Waals surface area contributed by atoms with Gasteiger partial charge in [-0.05, 0) is 95.9 Å². The van der Waals surface area contributed by atoms with E-state index in [1.54, 1.807) is 5.56 Å². The smallest absolute Gasteiger partial charge is 0.120 e. The molecule has 2 aromatic carbocycles. The summed E-state index contributed by atoms with van der Waals surface area (Å²) in [6.07, 6.45) is 9.98. The van der Waals surface area contributed by atoms with Crippen molar-refractivity contribution in [2.24, 2.45) is 29.1 Å². The lowest BCUT2D eigenvalue weighted by Crippen LogP contribution is -2.55. The SMILES string of the molecule is CCCC1Cc2cc(OCc3ccccc3)ccc2C2CC[C@@]3(C)C(C[C@H]4C[C@@H]5O[C@@H]5C[C@]43O)C12. The Kier molecular flexibility index (Phi) is 5.16. The molecule has 2 aromatic rings. The molecule has 1 saturated heterocycles. The molecule has 1 N–H and O–H groups in total. The number of aliphatic hydroxyl groups is 1. The van der Waals surface area contributed by atoms with Gasteiger partial charge in [0.2, 0.25) is 0 Å². The maximum atomic E-state index is 12.2. The molecule has 35 heavy (non-hydrogen) atoms. The van der Waals surface area contributed by atoms with Crippen LogP contribution in [0.5, 0.6) is 5.75 Å². The number of fused-ring (bicyclic) bond motifs is 8. The fourth-order valence-corrected chi connectivity index (χ4v) is 9.36. The summed E-state index contributed by atoms with van der Waals surface area (Å²) in [7, 11) is 0. The van der Waals surface area contributed by atoms with Crippen LogP contribution in [0.2, 0.25) is 0 Å². The van der Waals surface area contributed by atoms with Crippen LogP contribution >= 0.6 is 0 Å². The van der Waals surface area contributed by atoms with E-state index in [0.717, 1.165) is 31.4 Å². The quantitative estimate of drug-likeness (QED) is 0.494. The van der Waals surface area contributed by atoms with Crippen molar-refractivity contribution in [3.63, 3.8) is 0 Å². The van der Waals surface area contributed by atoms with Crippen LogP contribution in [-0.2, 0) is 17.8 Å². The fourth-order valence-electron chi connectivity index (χ4n) is 9.36. The minimum absolute atomic E-state index is 0.0397. The molecule has 0 radical (unpaired) electrons. The third kappa shape index (κ3) is 3.37. The number of benzene rings is 2. The average Bonchev–Trinajstić information content (AvgIpc) is 3.57. The number of hydrogen-bond donors (Lipinski definition) is 1. The normalized spacial score (nSPS) is 42.8. The van der Waals surface area contributed by atoms with Gasteiger partial charge < -0.3 is 14.6 Å². The molecule has 7 rings (SSSR count). The molecule has 4 aliphatic carbocycles. The van der Waals surface area contributed by atoms with Crippen LogP contribution in [0.25, 0.3) is 0 Å². The molecule has 186 valence electrons. The maximum Gasteiger partial charge on any atom is 0.120 e. The van der Waals surface area contributed by atoms with E-state index in [4.69, 9.17) is 9.47 Å². The van der Waals surface area contributed by atoms with Crippen molar-refractivity contribution in [3.8, 4) is 5.75 Å². The first-order chi connectivity index (χ1) is 17.0. The van der Waals surface area contributed by atoms with Gasteiger partial charge in [0.25, 0.3) is 0 Å². The van der Waals surface area contributed by atoms with Crippen LogP contribution in [0.1, 0.15) is 81.4 Å². The van der Waals surface area contributed by atoms with Crippen molar-refractivity contribution in [3.05, 3.63) is 65.2 Å². The highest BCUT2D eigenvalue weighted by molar-refractivity contribution is 5.42. The maximum absolute atomic E-state index is 12.2. The zero-order chi connectivity index (χ0) is 23.8. The Hall–Kier alpha value is -1.84. The molecule has 5 aliphatic rings. The summed E-state index contributed by atoms with van der Waals surface area (Å²) in [5.74, 6) is 4.10. The largest absolute Gasteiger partial charge is 0.489 e. The molecule has 9 atom stereocenters. The van der Waals surface area contributed by atoms with Gasteiger partial charge in [-0.25, -0.2) is 0 Å². The second-order valence-corrected chi connectivity index (χ2v) is 12.6. The molecule has 0 spiro atoms. The minimum Gasteiger partial charge on any atom is -0.489 e. The van der Waals surface area contributed by atoms with Crippen LogP contribution in [-0.4, -0.2) is 22.9 Å². The monoisotopic (exact) mass is 472 g/mol. The van der Waals surface area contributed by atoms with E-state index < -0.39 is 5.60 Å². The van der Waals surface area contributed by atoms with Crippen molar-refractivity contribution in [2.45, 2.75) is 95.5 Å². The van der Waals surface area contributed by atoms with Crippen molar-refractivity contribution in [2.75, 3.05) is 0 Å². The van der Waals surface area contributed by atoms with Gasteiger partial charge in [-0.2, -0.15) is 0 Å². The standard InChI is InChI=1S/C32H40O3/c1-3-7-21-14-22-15-24(34-19-20-8-5-4-6-9-20)10-11-25(22)26-12-13-31(2)27(30(21)26)16-23-17-28-29(35-28)18-32(23,31)33/h4-6,8-11,15,21,23,26-30,33H,3,7,12-14,16-19H2,1-2H3/t21?,23-,26?,27?,28-,29+,30?,31-,32-/m0/s1. The van der Waals surface area contributed by atoms with E-state index >= 15 is 0 Å².